The number of fused-ring (bicyclic) bond motifs is 1. The second kappa shape index (κ2) is 5.50. The van der Waals surface area contributed by atoms with Crippen LogP contribution >= 0.6 is 11.6 Å². The molecular weight excluding hydrogens is 280 g/mol. The number of hydrogen-bond donors (Lipinski definition) is 2. The number of primary amides is 1. The molecule has 1 aliphatic heterocycles. The van der Waals surface area contributed by atoms with Crippen LogP contribution in [0.4, 0.5) is 0 Å². The molecule has 1 aliphatic carbocycles. The van der Waals surface area contributed by atoms with Gasteiger partial charge in [-0.05, 0) is 30.5 Å². The van der Waals surface area contributed by atoms with Crippen molar-refractivity contribution in [1.29, 1.82) is 0 Å². The molecular formula is C14H17ClN2O3. The van der Waals surface area contributed by atoms with E-state index in [4.69, 9.17) is 26.8 Å². The maximum atomic E-state index is 11.7. The number of amides is 1. The van der Waals surface area contributed by atoms with Crippen LogP contribution in [-0.2, 0) is 4.79 Å². The van der Waals surface area contributed by atoms with Gasteiger partial charge < -0.3 is 15.2 Å². The monoisotopic (exact) mass is 296 g/mol. The van der Waals surface area contributed by atoms with E-state index in [1.807, 2.05) is 0 Å². The lowest BCUT2D eigenvalue weighted by molar-refractivity contribution is -0.120. The Balaban J connectivity index is 1.87. The fourth-order valence-corrected chi connectivity index (χ4v) is 3.10. The van der Waals surface area contributed by atoms with Crippen molar-refractivity contribution in [2.24, 2.45) is 5.73 Å². The number of rotatable bonds is 4. The van der Waals surface area contributed by atoms with Gasteiger partial charge in [-0.25, -0.2) is 0 Å². The first-order valence-corrected chi connectivity index (χ1v) is 7.17. The average molecular weight is 297 g/mol. The van der Waals surface area contributed by atoms with Gasteiger partial charge in [0, 0.05) is 6.04 Å². The maximum absolute atomic E-state index is 11.7. The van der Waals surface area contributed by atoms with Crippen molar-refractivity contribution in [3.05, 3.63) is 22.7 Å². The molecule has 1 saturated carbocycles. The molecule has 0 bridgehead atoms. The molecule has 6 heteroatoms. The quantitative estimate of drug-likeness (QED) is 0.892. The highest BCUT2D eigenvalue weighted by atomic mass is 35.5. The summed E-state index contributed by atoms with van der Waals surface area (Å²) >= 11 is 6.16. The molecule has 1 fully saturated rings. The van der Waals surface area contributed by atoms with Gasteiger partial charge in [0.05, 0.1) is 5.02 Å². The third-order valence-electron chi connectivity index (χ3n) is 3.82. The van der Waals surface area contributed by atoms with Gasteiger partial charge in [0.2, 0.25) is 12.7 Å². The highest BCUT2D eigenvalue weighted by molar-refractivity contribution is 6.32. The highest BCUT2D eigenvalue weighted by Crippen LogP contribution is 2.41. The van der Waals surface area contributed by atoms with Gasteiger partial charge in [0.15, 0.2) is 11.5 Å². The third-order valence-corrected chi connectivity index (χ3v) is 4.11. The molecule has 2 aliphatic rings. The summed E-state index contributed by atoms with van der Waals surface area (Å²) in [7, 11) is 0. The van der Waals surface area contributed by atoms with E-state index in [0.29, 0.717) is 22.6 Å². The Labute approximate surface area is 122 Å². The number of hydrogen-bond acceptors (Lipinski definition) is 4. The van der Waals surface area contributed by atoms with Gasteiger partial charge in [0.25, 0.3) is 0 Å². The second-order valence-corrected chi connectivity index (χ2v) is 5.63. The third kappa shape index (κ3) is 2.55. The topological polar surface area (TPSA) is 73.6 Å². The van der Waals surface area contributed by atoms with Crippen LogP contribution in [0.2, 0.25) is 5.02 Å². The summed E-state index contributed by atoms with van der Waals surface area (Å²) in [6, 6.07) is 3.26. The number of halogens is 1. The second-order valence-electron chi connectivity index (χ2n) is 5.22. The zero-order valence-corrected chi connectivity index (χ0v) is 11.8. The van der Waals surface area contributed by atoms with Crippen molar-refractivity contribution >= 4 is 17.5 Å². The molecule has 1 aromatic carbocycles. The predicted octanol–water partition coefficient (Wildman–Crippen LogP) is 2.13. The van der Waals surface area contributed by atoms with Crippen LogP contribution in [-0.4, -0.2) is 18.7 Å². The summed E-state index contributed by atoms with van der Waals surface area (Å²) in [5.74, 6) is 0.679. The minimum atomic E-state index is -0.551. The summed E-state index contributed by atoms with van der Waals surface area (Å²) in [6.45, 7) is 0.149. The molecule has 20 heavy (non-hydrogen) atoms. The Morgan fingerprint density at radius 3 is 2.80 bits per heavy atom. The van der Waals surface area contributed by atoms with Gasteiger partial charge in [-0.2, -0.15) is 0 Å². The first kappa shape index (κ1) is 13.5. The molecule has 108 valence electrons. The first-order chi connectivity index (χ1) is 9.65. The lowest BCUT2D eigenvalue weighted by Gasteiger charge is -2.21. The fraction of sp³-hybridized carbons (Fsp3) is 0.500. The standard InChI is InChI=1S/C14H17ClN2O3/c15-10-5-8(6-11-13(10)20-7-19-11)12(14(16)18)17-9-3-1-2-4-9/h5-6,9,12,17H,1-4,7H2,(H2,16,18). The number of carbonyl (C=O) groups excluding carboxylic acids is 1. The summed E-state index contributed by atoms with van der Waals surface area (Å²) in [4.78, 5) is 11.7. The molecule has 3 rings (SSSR count). The Morgan fingerprint density at radius 1 is 1.35 bits per heavy atom. The Morgan fingerprint density at radius 2 is 2.10 bits per heavy atom. The summed E-state index contributed by atoms with van der Waals surface area (Å²) in [6.07, 6.45) is 4.51. The Hall–Kier alpha value is -1.46. The van der Waals surface area contributed by atoms with E-state index < -0.39 is 11.9 Å². The molecule has 1 atom stereocenters. The van der Waals surface area contributed by atoms with Crippen LogP contribution < -0.4 is 20.5 Å². The summed E-state index contributed by atoms with van der Waals surface area (Å²) in [5.41, 5.74) is 6.25. The van der Waals surface area contributed by atoms with Crippen molar-refractivity contribution in [3.8, 4) is 11.5 Å². The number of ether oxygens (including phenoxy) is 2. The lowest BCUT2D eigenvalue weighted by Crippen LogP contribution is -2.38. The number of carbonyl (C=O) groups is 1. The fourth-order valence-electron chi connectivity index (χ4n) is 2.82. The zero-order chi connectivity index (χ0) is 14.1. The van der Waals surface area contributed by atoms with Crippen molar-refractivity contribution in [3.63, 3.8) is 0 Å². The molecule has 5 nitrogen and oxygen atoms in total. The minimum absolute atomic E-state index is 0.149. The zero-order valence-electron chi connectivity index (χ0n) is 11.0. The average Bonchev–Trinajstić information content (AvgIpc) is 3.06. The van der Waals surface area contributed by atoms with Crippen molar-refractivity contribution in [1.82, 2.24) is 5.32 Å². The van der Waals surface area contributed by atoms with Crippen molar-refractivity contribution < 1.29 is 14.3 Å². The van der Waals surface area contributed by atoms with Crippen LogP contribution in [0.1, 0.15) is 37.3 Å². The summed E-state index contributed by atoms with van der Waals surface area (Å²) in [5, 5.41) is 3.76. The predicted molar refractivity (Wildman–Crippen MR) is 74.9 cm³/mol. The van der Waals surface area contributed by atoms with Gasteiger partial charge in [-0.3, -0.25) is 10.1 Å². The van der Waals surface area contributed by atoms with E-state index in [-0.39, 0.29) is 6.79 Å². The Kier molecular flexibility index (Phi) is 3.72. The number of nitrogens with two attached hydrogens (primary N) is 1. The normalized spacial score (nSPS) is 19.2. The van der Waals surface area contributed by atoms with Crippen molar-refractivity contribution in [2.75, 3.05) is 6.79 Å². The van der Waals surface area contributed by atoms with Gasteiger partial charge in [-0.1, -0.05) is 24.4 Å². The van der Waals surface area contributed by atoms with E-state index in [0.717, 1.165) is 18.4 Å². The van der Waals surface area contributed by atoms with Crippen LogP contribution in [0.3, 0.4) is 0 Å². The first-order valence-electron chi connectivity index (χ1n) is 6.79. The molecule has 0 aromatic heterocycles. The van der Waals surface area contributed by atoms with E-state index in [1.54, 1.807) is 12.1 Å². The van der Waals surface area contributed by atoms with E-state index in [2.05, 4.69) is 5.32 Å². The maximum Gasteiger partial charge on any atom is 0.239 e. The number of benzene rings is 1. The highest BCUT2D eigenvalue weighted by Gasteiger charge is 2.27. The Bertz CT molecular complexity index is 529. The largest absolute Gasteiger partial charge is 0.454 e. The van der Waals surface area contributed by atoms with E-state index in [1.165, 1.54) is 12.8 Å². The molecule has 1 amide bonds. The molecule has 1 aromatic rings. The SMILES string of the molecule is NC(=O)C(NC1CCCC1)c1cc(Cl)c2c(c1)OCO2. The smallest absolute Gasteiger partial charge is 0.239 e. The van der Waals surface area contributed by atoms with Gasteiger partial charge in [-0.15, -0.1) is 0 Å². The van der Waals surface area contributed by atoms with Crippen LogP contribution in [0.5, 0.6) is 11.5 Å². The summed E-state index contributed by atoms with van der Waals surface area (Å²) < 4.78 is 10.6. The molecule has 3 N–H and O–H groups in total. The van der Waals surface area contributed by atoms with E-state index in [9.17, 15) is 4.79 Å². The van der Waals surface area contributed by atoms with E-state index >= 15 is 0 Å². The van der Waals surface area contributed by atoms with Gasteiger partial charge in [0.1, 0.15) is 6.04 Å². The molecule has 1 unspecified atom stereocenters. The van der Waals surface area contributed by atoms with Crippen LogP contribution in [0.25, 0.3) is 0 Å². The molecule has 0 radical (unpaired) electrons. The van der Waals surface area contributed by atoms with Crippen LogP contribution in [0, 0.1) is 0 Å². The molecule has 0 saturated heterocycles. The van der Waals surface area contributed by atoms with Crippen LogP contribution in [0.15, 0.2) is 12.1 Å². The van der Waals surface area contributed by atoms with Gasteiger partial charge >= 0.3 is 0 Å². The number of nitrogens with one attached hydrogen (secondary N) is 1. The minimum Gasteiger partial charge on any atom is -0.454 e. The van der Waals surface area contributed by atoms with Crippen molar-refractivity contribution in [2.45, 2.75) is 37.8 Å². The molecule has 1 heterocycles. The lowest BCUT2D eigenvalue weighted by atomic mass is 10.0. The molecule has 0 spiro atoms.